The maximum Gasteiger partial charge on any atom is 0.254 e. The maximum absolute atomic E-state index is 13.0. The Bertz CT molecular complexity index is 458. The van der Waals surface area contributed by atoms with Gasteiger partial charge >= 0.3 is 0 Å². The van der Waals surface area contributed by atoms with Crippen LogP contribution in [0, 0.1) is 5.82 Å². The van der Waals surface area contributed by atoms with E-state index in [0.29, 0.717) is 30.6 Å². The zero-order valence-electron chi connectivity index (χ0n) is 9.54. The molecule has 1 unspecified atom stereocenters. The van der Waals surface area contributed by atoms with Gasteiger partial charge in [0.1, 0.15) is 5.82 Å². The molecule has 0 aromatic heterocycles. The van der Waals surface area contributed by atoms with Gasteiger partial charge in [-0.1, -0.05) is 27.5 Å². The number of rotatable bonds is 2. The van der Waals surface area contributed by atoms with Crippen LogP contribution in [0.4, 0.5) is 4.39 Å². The normalized spacial score (nSPS) is 19.9. The number of benzene rings is 1. The summed E-state index contributed by atoms with van der Waals surface area (Å²) in [6.45, 7) is 1.58. The highest BCUT2D eigenvalue weighted by Crippen LogP contribution is 2.18. The smallest absolute Gasteiger partial charge is 0.254 e. The topological polar surface area (TPSA) is 29.5 Å². The highest BCUT2D eigenvalue weighted by molar-refractivity contribution is 9.09. The molecule has 0 saturated carbocycles. The fourth-order valence-electron chi connectivity index (χ4n) is 1.81. The fraction of sp³-hybridized carbons (Fsp3) is 0.417. The van der Waals surface area contributed by atoms with Gasteiger partial charge in [-0.3, -0.25) is 4.79 Å². The molecular formula is C12H12BrClFNO2. The van der Waals surface area contributed by atoms with Crippen molar-refractivity contribution in [2.24, 2.45) is 0 Å². The van der Waals surface area contributed by atoms with Crippen molar-refractivity contribution in [1.82, 2.24) is 4.90 Å². The molecule has 18 heavy (non-hydrogen) atoms. The molecule has 3 nitrogen and oxygen atoms in total. The SMILES string of the molecule is O=C(c1ccc(F)c(Cl)c1)N1CCOC(CBr)C1. The van der Waals surface area contributed by atoms with E-state index in [4.69, 9.17) is 16.3 Å². The van der Waals surface area contributed by atoms with Gasteiger partial charge in [0, 0.05) is 24.0 Å². The van der Waals surface area contributed by atoms with E-state index in [2.05, 4.69) is 15.9 Å². The Kier molecular flexibility index (Phi) is 4.59. The number of ether oxygens (including phenoxy) is 1. The first kappa shape index (κ1) is 13.8. The quantitative estimate of drug-likeness (QED) is 0.777. The van der Waals surface area contributed by atoms with Crippen LogP contribution in [-0.4, -0.2) is 41.9 Å². The third kappa shape index (κ3) is 3.02. The maximum atomic E-state index is 13.0. The molecular weight excluding hydrogens is 324 g/mol. The van der Waals surface area contributed by atoms with Crippen LogP contribution in [0.1, 0.15) is 10.4 Å². The van der Waals surface area contributed by atoms with Crippen LogP contribution < -0.4 is 0 Å². The van der Waals surface area contributed by atoms with Gasteiger partial charge in [0.05, 0.1) is 17.7 Å². The van der Waals surface area contributed by atoms with E-state index in [-0.39, 0.29) is 17.0 Å². The molecule has 1 fully saturated rings. The van der Waals surface area contributed by atoms with Gasteiger partial charge in [0.2, 0.25) is 0 Å². The molecule has 1 atom stereocenters. The van der Waals surface area contributed by atoms with Gasteiger partial charge < -0.3 is 9.64 Å². The lowest BCUT2D eigenvalue weighted by molar-refractivity contribution is -0.00965. The summed E-state index contributed by atoms with van der Waals surface area (Å²) in [7, 11) is 0. The number of carbonyl (C=O) groups is 1. The average Bonchev–Trinajstić information content (AvgIpc) is 2.41. The molecule has 0 radical (unpaired) electrons. The summed E-state index contributed by atoms with van der Waals surface area (Å²) < 4.78 is 18.5. The molecule has 1 aromatic carbocycles. The predicted octanol–water partition coefficient (Wildman–Crippen LogP) is 2.72. The minimum Gasteiger partial charge on any atom is -0.374 e. The van der Waals surface area contributed by atoms with Gasteiger partial charge in [-0.05, 0) is 18.2 Å². The first-order valence-corrected chi connectivity index (χ1v) is 7.03. The van der Waals surface area contributed by atoms with Gasteiger partial charge in [-0.25, -0.2) is 4.39 Å². The molecule has 1 heterocycles. The number of amides is 1. The van der Waals surface area contributed by atoms with Crippen molar-refractivity contribution in [3.05, 3.63) is 34.6 Å². The van der Waals surface area contributed by atoms with Gasteiger partial charge in [0.15, 0.2) is 0 Å². The van der Waals surface area contributed by atoms with Crippen LogP contribution >= 0.6 is 27.5 Å². The second-order valence-electron chi connectivity index (χ2n) is 4.03. The van der Waals surface area contributed by atoms with E-state index in [1.165, 1.54) is 18.2 Å². The van der Waals surface area contributed by atoms with Crippen molar-refractivity contribution >= 4 is 33.4 Å². The third-order valence-electron chi connectivity index (χ3n) is 2.76. The highest BCUT2D eigenvalue weighted by atomic mass is 79.9. The zero-order valence-corrected chi connectivity index (χ0v) is 11.9. The number of hydrogen-bond acceptors (Lipinski definition) is 2. The summed E-state index contributed by atoms with van der Waals surface area (Å²) >= 11 is 9.01. The molecule has 1 amide bonds. The molecule has 0 spiro atoms. The average molecular weight is 337 g/mol. The van der Waals surface area contributed by atoms with E-state index < -0.39 is 5.82 Å². The molecule has 1 aromatic rings. The van der Waals surface area contributed by atoms with Crippen molar-refractivity contribution in [2.45, 2.75) is 6.10 Å². The summed E-state index contributed by atoms with van der Waals surface area (Å²) in [6, 6.07) is 4.01. The van der Waals surface area contributed by atoms with E-state index >= 15 is 0 Å². The van der Waals surface area contributed by atoms with Crippen molar-refractivity contribution in [2.75, 3.05) is 25.0 Å². The standard InChI is InChI=1S/C12H12BrClFNO2/c13-6-9-7-16(3-4-18-9)12(17)8-1-2-11(15)10(14)5-8/h1-2,5,9H,3-4,6-7H2. The minimum atomic E-state index is -0.520. The third-order valence-corrected chi connectivity index (χ3v) is 3.78. The van der Waals surface area contributed by atoms with Crippen molar-refractivity contribution in [3.63, 3.8) is 0 Å². The molecule has 1 saturated heterocycles. The Balaban J connectivity index is 2.12. The predicted molar refractivity (Wildman–Crippen MR) is 70.8 cm³/mol. The molecule has 6 heteroatoms. The van der Waals surface area contributed by atoms with Crippen LogP contribution in [0.3, 0.4) is 0 Å². The van der Waals surface area contributed by atoms with Crippen LogP contribution in [0.2, 0.25) is 5.02 Å². The van der Waals surface area contributed by atoms with Crippen molar-refractivity contribution < 1.29 is 13.9 Å². The monoisotopic (exact) mass is 335 g/mol. The highest BCUT2D eigenvalue weighted by Gasteiger charge is 2.24. The zero-order chi connectivity index (χ0) is 13.1. The number of halogens is 3. The number of alkyl halides is 1. The Hall–Kier alpha value is -0.650. The number of carbonyl (C=O) groups excluding carboxylic acids is 1. The first-order chi connectivity index (χ1) is 8.61. The summed E-state index contributed by atoms with van der Waals surface area (Å²) in [5.74, 6) is -0.667. The summed E-state index contributed by atoms with van der Waals surface area (Å²) in [5, 5.41) is 0.646. The lowest BCUT2D eigenvalue weighted by Gasteiger charge is -2.32. The van der Waals surface area contributed by atoms with Gasteiger partial charge in [0.25, 0.3) is 5.91 Å². The number of hydrogen-bond donors (Lipinski definition) is 0. The Morgan fingerprint density at radius 3 is 3.06 bits per heavy atom. The van der Waals surface area contributed by atoms with E-state index in [9.17, 15) is 9.18 Å². The lowest BCUT2D eigenvalue weighted by Crippen LogP contribution is -2.46. The first-order valence-electron chi connectivity index (χ1n) is 5.53. The molecule has 0 N–H and O–H groups in total. The van der Waals surface area contributed by atoms with Crippen molar-refractivity contribution in [3.8, 4) is 0 Å². The number of morpholine rings is 1. The summed E-state index contributed by atoms with van der Waals surface area (Å²) in [4.78, 5) is 13.9. The van der Waals surface area contributed by atoms with Crippen LogP contribution in [-0.2, 0) is 4.74 Å². The second-order valence-corrected chi connectivity index (χ2v) is 5.08. The molecule has 0 aliphatic carbocycles. The Labute approximate surface area is 118 Å². The fourth-order valence-corrected chi connectivity index (χ4v) is 2.38. The van der Waals surface area contributed by atoms with E-state index in [1.54, 1.807) is 4.90 Å². The summed E-state index contributed by atoms with van der Waals surface area (Å²) in [5.41, 5.74) is 0.400. The second kappa shape index (κ2) is 5.99. The number of nitrogens with zero attached hydrogens (tertiary/aromatic N) is 1. The van der Waals surface area contributed by atoms with E-state index in [0.717, 1.165) is 0 Å². The van der Waals surface area contributed by atoms with Crippen LogP contribution in [0.25, 0.3) is 0 Å². The molecule has 1 aliphatic rings. The molecule has 98 valence electrons. The van der Waals surface area contributed by atoms with Crippen LogP contribution in [0.15, 0.2) is 18.2 Å². The van der Waals surface area contributed by atoms with Crippen LogP contribution in [0.5, 0.6) is 0 Å². The largest absolute Gasteiger partial charge is 0.374 e. The van der Waals surface area contributed by atoms with Gasteiger partial charge in [-0.15, -0.1) is 0 Å². The molecule has 1 aliphatic heterocycles. The molecule has 2 rings (SSSR count). The minimum absolute atomic E-state index is 0.00128. The van der Waals surface area contributed by atoms with Crippen molar-refractivity contribution in [1.29, 1.82) is 0 Å². The summed E-state index contributed by atoms with van der Waals surface area (Å²) in [6.07, 6.45) is -0.00128. The van der Waals surface area contributed by atoms with Gasteiger partial charge in [-0.2, -0.15) is 0 Å². The van der Waals surface area contributed by atoms with E-state index in [1.807, 2.05) is 0 Å². The molecule has 0 bridgehead atoms. The Morgan fingerprint density at radius 2 is 2.39 bits per heavy atom. The lowest BCUT2D eigenvalue weighted by atomic mass is 10.1. The Morgan fingerprint density at radius 1 is 1.61 bits per heavy atom.